The molecule has 0 saturated carbocycles. The number of pyridine rings is 1. The van der Waals surface area contributed by atoms with Gasteiger partial charge in [0, 0.05) is 31.9 Å². The van der Waals surface area contributed by atoms with E-state index in [0.717, 1.165) is 38.8 Å². The van der Waals surface area contributed by atoms with Crippen molar-refractivity contribution in [1.82, 2.24) is 15.2 Å². The predicted octanol–water partition coefficient (Wildman–Crippen LogP) is 1.61. The molecule has 4 nitrogen and oxygen atoms in total. The van der Waals surface area contributed by atoms with Crippen LogP contribution in [0.1, 0.15) is 31.2 Å². The molecule has 1 saturated heterocycles. The minimum absolute atomic E-state index is 0.253. The predicted molar refractivity (Wildman–Crippen MR) is 75.8 cm³/mol. The van der Waals surface area contributed by atoms with E-state index in [-0.39, 0.29) is 5.91 Å². The van der Waals surface area contributed by atoms with Crippen LogP contribution in [0.4, 0.5) is 0 Å². The van der Waals surface area contributed by atoms with Crippen molar-refractivity contribution in [3.05, 3.63) is 30.1 Å². The lowest BCUT2D eigenvalue weighted by molar-refractivity contribution is -0.132. The van der Waals surface area contributed by atoms with Gasteiger partial charge in [-0.25, -0.2) is 0 Å². The highest BCUT2D eigenvalue weighted by atomic mass is 16.2. The first kappa shape index (κ1) is 14.0. The third-order valence-corrected chi connectivity index (χ3v) is 3.86. The Balaban J connectivity index is 1.81. The second-order valence-electron chi connectivity index (χ2n) is 5.19. The number of carbonyl (C=O) groups is 1. The van der Waals surface area contributed by atoms with Crippen LogP contribution in [0.5, 0.6) is 0 Å². The molecule has 1 aromatic heterocycles. The summed E-state index contributed by atoms with van der Waals surface area (Å²) in [6, 6.07) is 4.35. The maximum absolute atomic E-state index is 12.2. The molecule has 2 heterocycles. The summed E-state index contributed by atoms with van der Waals surface area (Å²) in [6.07, 6.45) is 8.29. The highest BCUT2D eigenvalue weighted by Gasteiger charge is 2.20. The highest BCUT2D eigenvalue weighted by molar-refractivity contribution is 5.76. The van der Waals surface area contributed by atoms with E-state index in [1.54, 1.807) is 12.4 Å². The van der Waals surface area contributed by atoms with Crippen molar-refractivity contribution in [1.29, 1.82) is 0 Å². The minimum Gasteiger partial charge on any atom is -0.343 e. The number of carbonyl (C=O) groups excluding carboxylic acids is 1. The van der Waals surface area contributed by atoms with Gasteiger partial charge in [0.05, 0.1) is 0 Å². The van der Waals surface area contributed by atoms with Crippen molar-refractivity contribution in [2.24, 2.45) is 0 Å². The summed E-state index contributed by atoms with van der Waals surface area (Å²) < 4.78 is 0. The number of aromatic nitrogens is 1. The zero-order chi connectivity index (χ0) is 13.5. The Bertz CT molecular complexity index is 386. The van der Waals surface area contributed by atoms with Crippen LogP contribution in [-0.2, 0) is 11.2 Å². The van der Waals surface area contributed by atoms with Gasteiger partial charge in [-0.2, -0.15) is 0 Å². The maximum Gasteiger partial charge on any atom is 0.222 e. The molecule has 1 aromatic rings. The zero-order valence-electron chi connectivity index (χ0n) is 11.6. The molecule has 104 valence electrons. The number of aryl methyl sites for hydroxylation is 1. The first-order valence-corrected chi connectivity index (χ1v) is 7.12. The van der Waals surface area contributed by atoms with Gasteiger partial charge in [0.25, 0.3) is 0 Å². The summed E-state index contributed by atoms with van der Waals surface area (Å²) in [5.74, 6) is 0.253. The fourth-order valence-corrected chi connectivity index (χ4v) is 2.57. The van der Waals surface area contributed by atoms with Crippen LogP contribution in [0.2, 0.25) is 0 Å². The first-order valence-electron chi connectivity index (χ1n) is 7.12. The van der Waals surface area contributed by atoms with Crippen LogP contribution >= 0.6 is 0 Å². The molecule has 19 heavy (non-hydrogen) atoms. The fourth-order valence-electron chi connectivity index (χ4n) is 2.57. The van der Waals surface area contributed by atoms with Crippen molar-refractivity contribution in [2.75, 3.05) is 20.1 Å². The van der Waals surface area contributed by atoms with Crippen molar-refractivity contribution >= 4 is 5.91 Å². The number of hydrogen-bond donors (Lipinski definition) is 1. The normalized spacial score (nSPS) is 19.7. The molecule has 1 unspecified atom stereocenters. The summed E-state index contributed by atoms with van der Waals surface area (Å²) in [4.78, 5) is 18.2. The average Bonchev–Trinajstić information content (AvgIpc) is 2.74. The number of hydrogen-bond acceptors (Lipinski definition) is 3. The highest BCUT2D eigenvalue weighted by Crippen LogP contribution is 2.13. The van der Waals surface area contributed by atoms with Gasteiger partial charge in [0.1, 0.15) is 0 Å². The SMILES string of the molecule is CN(C(=O)CCc1ccncc1)C1CCCNCC1. The third kappa shape index (κ3) is 4.31. The van der Waals surface area contributed by atoms with E-state index in [0.29, 0.717) is 12.5 Å². The molecule has 0 spiro atoms. The third-order valence-electron chi connectivity index (χ3n) is 3.86. The van der Waals surface area contributed by atoms with Gasteiger partial charge in [0.2, 0.25) is 5.91 Å². The lowest BCUT2D eigenvalue weighted by Gasteiger charge is -2.27. The van der Waals surface area contributed by atoms with E-state index >= 15 is 0 Å². The van der Waals surface area contributed by atoms with Gasteiger partial charge in [-0.15, -0.1) is 0 Å². The van der Waals surface area contributed by atoms with Crippen LogP contribution in [-0.4, -0.2) is 42.0 Å². The Morgan fingerprint density at radius 3 is 2.95 bits per heavy atom. The second-order valence-corrected chi connectivity index (χ2v) is 5.19. The Labute approximate surface area is 115 Å². The summed E-state index contributed by atoms with van der Waals surface area (Å²) in [6.45, 7) is 2.10. The number of amides is 1. The minimum atomic E-state index is 0.253. The van der Waals surface area contributed by atoms with Crippen LogP contribution in [0, 0.1) is 0 Å². The maximum atomic E-state index is 12.2. The zero-order valence-corrected chi connectivity index (χ0v) is 11.6. The van der Waals surface area contributed by atoms with E-state index in [1.165, 1.54) is 5.56 Å². The van der Waals surface area contributed by atoms with E-state index < -0.39 is 0 Å². The van der Waals surface area contributed by atoms with Gasteiger partial charge in [-0.05, 0) is 56.5 Å². The van der Waals surface area contributed by atoms with Gasteiger partial charge in [0.15, 0.2) is 0 Å². The van der Waals surface area contributed by atoms with Crippen molar-refractivity contribution in [2.45, 2.75) is 38.1 Å². The van der Waals surface area contributed by atoms with Gasteiger partial charge in [-0.1, -0.05) is 0 Å². The fraction of sp³-hybridized carbons (Fsp3) is 0.600. The molecule has 1 N–H and O–H groups in total. The molecule has 1 atom stereocenters. The Morgan fingerprint density at radius 2 is 2.16 bits per heavy atom. The van der Waals surface area contributed by atoms with Gasteiger partial charge >= 0.3 is 0 Å². The summed E-state index contributed by atoms with van der Waals surface area (Å²) in [7, 11) is 1.95. The van der Waals surface area contributed by atoms with E-state index in [9.17, 15) is 4.79 Å². The molecule has 0 aliphatic carbocycles. The topological polar surface area (TPSA) is 45.2 Å². The molecule has 0 aromatic carbocycles. The van der Waals surface area contributed by atoms with E-state index in [1.807, 2.05) is 24.1 Å². The molecule has 0 bridgehead atoms. The van der Waals surface area contributed by atoms with Crippen molar-refractivity contribution < 1.29 is 4.79 Å². The molecule has 2 rings (SSSR count). The van der Waals surface area contributed by atoms with E-state index in [4.69, 9.17) is 0 Å². The van der Waals surface area contributed by atoms with Crippen molar-refractivity contribution in [3.63, 3.8) is 0 Å². The first-order chi connectivity index (χ1) is 9.27. The van der Waals surface area contributed by atoms with Gasteiger partial charge in [-0.3, -0.25) is 9.78 Å². The number of rotatable bonds is 4. The number of nitrogens with one attached hydrogen (secondary N) is 1. The molecule has 4 heteroatoms. The second kappa shape index (κ2) is 7.24. The Kier molecular flexibility index (Phi) is 5.33. The molecular weight excluding hydrogens is 238 g/mol. The van der Waals surface area contributed by atoms with Crippen LogP contribution < -0.4 is 5.32 Å². The quantitative estimate of drug-likeness (QED) is 0.895. The smallest absolute Gasteiger partial charge is 0.222 e. The lowest BCUT2D eigenvalue weighted by Crippen LogP contribution is -2.37. The summed E-state index contributed by atoms with van der Waals surface area (Å²) in [5, 5.41) is 3.38. The summed E-state index contributed by atoms with van der Waals surface area (Å²) >= 11 is 0. The monoisotopic (exact) mass is 261 g/mol. The molecular formula is C15H23N3O. The largest absolute Gasteiger partial charge is 0.343 e. The van der Waals surface area contributed by atoms with Crippen LogP contribution in [0.25, 0.3) is 0 Å². The van der Waals surface area contributed by atoms with E-state index in [2.05, 4.69) is 10.3 Å². The van der Waals surface area contributed by atoms with Crippen LogP contribution in [0.15, 0.2) is 24.5 Å². The molecule has 0 radical (unpaired) electrons. The molecule has 1 aliphatic heterocycles. The average molecular weight is 261 g/mol. The Morgan fingerprint density at radius 1 is 1.37 bits per heavy atom. The molecule has 1 fully saturated rings. The standard InChI is InChI=1S/C15H23N3O/c1-18(14-3-2-9-16-12-8-14)15(19)5-4-13-6-10-17-11-7-13/h6-7,10-11,14,16H,2-5,8-9,12H2,1H3. The lowest BCUT2D eigenvalue weighted by atomic mass is 10.1. The molecule has 1 amide bonds. The van der Waals surface area contributed by atoms with Crippen LogP contribution in [0.3, 0.4) is 0 Å². The number of nitrogens with zero attached hydrogens (tertiary/aromatic N) is 2. The van der Waals surface area contributed by atoms with Crippen molar-refractivity contribution in [3.8, 4) is 0 Å². The summed E-state index contributed by atoms with van der Waals surface area (Å²) in [5.41, 5.74) is 1.18. The van der Waals surface area contributed by atoms with Gasteiger partial charge < -0.3 is 10.2 Å². The Hall–Kier alpha value is -1.42. The molecule has 1 aliphatic rings.